The van der Waals surface area contributed by atoms with Gasteiger partial charge in [0.2, 0.25) is 0 Å². The van der Waals surface area contributed by atoms with Gasteiger partial charge in [0.15, 0.2) is 17.4 Å². The molecule has 1 saturated heterocycles. The van der Waals surface area contributed by atoms with Crippen molar-refractivity contribution in [3.63, 3.8) is 0 Å². The lowest BCUT2D eigenvalue weighted by molar-refractivity contribution is -0.119. The average Bonchev–Trinajstić information content (AvgIpc) is 3.21. The second-order valence-corrected chi connectivity index (χ2v) is 6.84. The van der Waals surface area contributed by atoms with Crippen LogP contribution in [0, 0.1) is 0 Å². The molecule has 0 radical (unpaired) electrons. The molecule has 2 N–H and O–H groups in total. The number of hydrogen-bond donors (Lipinski definition) is 2. The van der Waals surface area contributed by atoms with Gasteiger partial charge in [-0.3, -0.25) is 4.79 Å². The number of carbonyl (C=O) groups is 2. The molecule has 1 fully saturated rings. The van der Waals surface area contributed by atoms with Crippen LogP contribution in [0.4, 0.5) is 16.5 Å². The number of rotatable bonds is 8. The van der Waals surface area contributed by atoms with Gasteiger partial charge in [-0.05, 0) is 24.3 Å². The lowest BCUT2D eigenvalue weighted by atomic mass is 10.2. The van der Waals surface area contributed by atoms with Gasteiger partial charge >= 0.3 is 5.97 Å². The Kier molecular flexibility index (Phi) is 6.99. The first-order chi connectivity index (χ1) is 13.7. The van der Waals surface area contributed by atoms with Crippen molar-refractivity contribution in [1.82, 2.24) is 4.98 Å². The van der Waals surface area contributed by atoms with Gasteiger partial charge in [0.1, 0.15) is 0 Å². The van der Waals surface area contributed by atoms with Crippen molar-refractivity contribution in [2.24, 2.45) is 0 Å². The summed E-state index contributed by atoms with van der Waals surface area (Å²) < 4.78 is 10.4. The summed E-state index contributed by atoms with van der Waals surface area (Å²) in [6, 6.07) is 7.53. The van der Waals surface area contributed by atoms with Crippen LogP contribution in [0.3, 0.4) is 0 Å². The van der Waals surface area contributed by atoms with Crippen molar-refractivity contribution in [2.45, 2.75) is 0 Å². The largest absolute Gasteiger partial charge is 0.451 e. The van der Waals surface area contributed by atoms with Crippen LogP contribution in [0.25, 0.3) is 0 Å². The van der Waals surface area contributed by atoms with E-state index in [1.54, 1.807) is 11.5 Å². The highest BCUT2D eigenvalue weighted by Crippen LogP contribution is 2.19. The van der Waals surface area contributed by atoms with E-state index in [4.69, 9.17) is 9.47 Å². The monoisotopic (exact) mass is 402 g/mol. The highest BCUT2D eigenvalue weighted by Gasteiger charge is 2.15. The predicted molar refractivity (Wildman–Crippen MR) is 109 cm³/mol. The van der Waals surface area contributed by atoms with Crippen LogP contribution in [0.15, 0.2) is 42.3 Å². The molecule has 148 valence electrons. The Bertz CT molecular complexity index is 816. The van der Waals surface area contributed by atoms with E-state index in [-0.39, 0.29) is 12.3 Å². The second-order valence-electron chi connectivity index (χ2n) is 5.98. The molecular formula is C19H22N4O4S. The summed E-state index contributed by atoms with van der Waals surface area (Å²) in [4.78, 5) is 30.3. The average molecular weight is 402 g/mol. The predicted octanol–water partition coefficient (Wildman–Crippen LogP) is 2.37. The Morgan fingerprint density at radius 1 is 1.29 bits per heavy atom. The Hall–Kier alpha value is -2.91. The van der Waals surface area contributed by atoms with Crippen LogP contribution >= 0.6 is 11.3 Å². The van der Waals surface area contributed by atoms with Crippen molar-refractivity contribution in [1.29, 1.82) is 0 Å². The zero-order valence-corrected chi connectivity index (χ0v) is 16.2. The van der Waals surface area contributed by atoms with E-state index >= 15 is 0 Å². The van der Waals surface area contributed by atoms with Gasteiger partial charge < -0.3 is 25.0 Å². The highest BCUT2D eigenvalue weighted by atomic mass is 32.1. The fourth-order valence-corrected chi connectivity index (χ4v) is 3.28. The van der Waals surface area contributed by atoms with E-state index in [2.05, 4.69) is 27.1 Å². The van der Waals surface area contributed by atoms with E-state index in [0.29, 0.717) is 30.6 Å². The van der Waals surface area contributed by atoms with Gasteiger partial charge in [0, 0.05) is 36.4 Å². The molecule has 0 saturated carbocycles. The van der Waals surface area contributed by atoms with Crippen molar-refractivity contribution in [3.8, 4) is 0 Å². The summed E-state index contributed by atoms with van der Waals surface area (Å²) in [6.45, 7) is 6.91. The quantitative estimate of drug-likeness (QED) is 0.517. The zero-order valence-electron chi connectivity index (χ0n) is 15.3. The molecule has 2 heterocycles. The van der Waals surface area contributed by atoms with E-state index in [0.717, 1.165) is 18.8 Å². The molecule has 0 aliphatic carbocycles. The number of esters is 1. The third kappa shape index (κ3) is 5.54. The number of amides is 1. The van der Waals surface area contributed by atoms with Gasteiger partial charge in [0.05, 0.1) is 13.2 Å². The molecule has 3 rings (SSSR count). The van der Waals surface area contributed by atoms with Crippen molar-refractivity contribution >= 4 is 39.7 Å². The second kappa shape index (κ2) is 9.86. The number of nitrogens with one attached hydrogen (secondary N) is 2. The van der Waals surface area contributed by atoms with Crippen LogP contribution in [0.2, 0.25) is 0 Å². The number of hydrogen-bond acceptors (Lipinski definition) is 8. The minimum absolute atomic E-state index is 0.166. The summed E-state index contributed by atoms with van der Waals surface area (Å²) in [7, 11) is 0. The van der Waals surface area contributed by atoms with Crippen LogP contribution < -0.4 is 15.5 Å². The van der Waals surface area contributed by atoms with Crippen LogP contribution in [0.1, 0.15) is 10.5 Å². The molecule has 0 unspecified atom stereocenters. The number of nitrogens with zero attached hydrogens (tertiary/aromatic N) is 2. The van der Waals surface area contributed by atoms with Crippen molar-refractivity contribution in [2.75, 3.05) is 55.0 Å². The van der Waals surface area contributed by atoms with Gasteiger partial charge in [-0.15, -0.1) is 17.9 Å². The number of morpholine rings is 1. The fourth-order valence-electron chi connectivity index (χ4n) is 2.59. The van der Waals surface area contributed by atoms with Crippen LogP contribution in [-0.4, -0.2) is 56.3 Å². The first-order valence-corrected chi connectivity index (χ1v) is 9.73. The van der Waals surface area contributed by atoms with Crippen LogP contribution in [-0.2, 0) is 14.3 Å². The van der Waals surface area contributed by atoms with E-state index in [1.165, 1.54) is 11.3 Å². The molecule has 0 spiro atoms. The Morgan fingerprint density at radius 3 is 2.75 bits per heavy atom. The molecule has 1 amide bonds. The van der Waals surface area contributed by atoms with Gasteiger partial charge in [0.25, 0.3) is 5.91 Å². The van der Waals surface area contributed by atoms with Crippen molar-refractivity contribution < 1.29 is 19.1 Å². The molecular weight excluding hydrogens is 380 g/mol. The Morgan fingerprint density at radius 2 is 2.04 bits per heavy atom. The smallest absolute Gasteiger partial charge is 0.358 e. The molecule has 0 atom stereocenters. The number of ether oxygens (including phenoxy) is 2. The van der Waals surface area contributed by atoms with E-state index < -0.39 is 11.9 Å². The maximum Gasteiger partial charge on any atom is 0.358 e. The lowest BCUT2D eigenvalue weighted by Gasteiger charge is -2.28. The molecule has 0 bridgehead atoms. The summed E-state index contributed by atoms with van der Waals surface area (Å²) in [5.41, 5.74) is 1.89. The zero-order chi connectivity index (χ0) is 19.8. The number of anilines is 3. The summed E-state index contributed by atoms with van der Waals surface area (Å²) in [5.74, 6) is -1.05. The minimum Gasteiger partial charge on any atom is -0.451 e. The molecule has 8 nitrogen and oxygen atoms in total. The Labute approximate surface area is 167 Å². The molecule has 28 heavy (non-hydrogen) atoms. The standard InChI is InChI=1S/C19H22N4O4S/c1-2-7-20-19-22-16(13-28-19)18(25)27-12-17(24)21-14-3-5-15(6-4-14)23-8-10-26-11-9-23/h2-6,13H,1,7-12H2,(H,20,22)(H,21,24). The highest BCUT2D eigenvalue weighted by molar-refractivity contribution is 7.13. The third-order valence-corrected chi connectivity index (χ3v) is 4.77. The van der Waals surface area contributed by atoms with E-state index in [1.807, 2.05) is 24.3 Å². The summed E-state index contributed by atoms with van der Waals surface area (Å²) in [5, 5.41) is 7.87. The number of aromatic nitrogens is 1. The first-order valence-electron chi connectivity index (χ1n) is 8.86. The number of thiazole rings is 1. The SMILES string of the molecule is C=CCNc1nc(C(=O)OCC(=O)Nc2ccc(N3CCOCC3)cc2)cs1. The van der Waals surface area contributed by atoms with Gasteiger partial charge in [-0.25, -0.2) is 9.78 Å². The topological polar surface area (TPSA) is 92.8 Å². The minimum atomic E-state index is -0.638. The van der Waals surface area contributed by atoms with Gasteiger partial charge in [-0.1, -0.05) is 6.08 Å². The molecule has 1 aliphatic rings. The molecule has 1 aromatic carbocycles. The molecule has 1 aromatic heterocycles. The maximum absolute atomic E-state index is 12.0. The van der Waals surface area contributed by atoms with Crippen molar-refractivity contribution in [3.05, 3.63) is 48.0 Å². The molecule has 9 heteroatoms. The summed E-state index contributed by atoms with van der Waals surface area (Å²) in [6.07, 6.45) is 1.69. The maximum atomic E-state index is 12.0. The molecule has 1 aliphatic heterocycles. The van der Waals surface area contributed by atoms with E-state index in [9.17, 15) is 9.59 Å². The van der Waals surface area contributed by atoms with Crippen LogP contribution in [0.5, 0.6) is 0 Å². The lowest BCUT2D eigenvalue weighted by Crippen LogP contribution is -2.36. The summed E-state index contributed by atoms with van der Waals surface area (Å²) >= 11 is 1.28. The Balaban J connectivity index is 1.45. The number of carbonyl (C=O) groups excluding carboxylic acids is 2. The normalized spacial score (nSPS) is 13.6. The first kappa shape index (κ1) is 19.8. The molecule has 2 aromatic rings. The number of benzene rings is 1. The fraction of sp³-hybridized carbons (Fsp3) is 0.316. The third-order valence-electron chi connectivity index (χ3n) is 3.97. The van der Waals surface area contributed by atoms with Gasteiger partial charge in [-0.2, -0.15) is 0 Å².